The van der Waals surface area contributed by atoms with Crippen molar-refractivity contribution < 1.29 is 24.9 Å². The molecule has 17 heavy (non-hydrogen) atoms. The molecule has 0 aliphatic rings. The minimum absolute atomic E-state index is 0.0319. The van der Waals surface area contributed by atoms with Crippen molar-refractivity contribution >= 4 is 23.7 Å². The average molecular weight is 264 g/mol. The average Bonchev–Trinajstić information content (AvgIpc) is 2.22. The van der Waals surface area contributed by atoms with Gasteiger partial charge in [-0.2, -0.15) is 11.8 Å². The standard InChI is InChI=1S/C11H20O5S/c1-3-4-5-8(17-2)6-11(16,10(14)15)7-9(12)13/h8,16H,3-7H2,1-2H3,(H,12,13)(H,14,15). The van der Waals surface area contributed by atoms with Crippen molar-refractivity contribution in [3.05, 3.63) is 0 Å². The van der Waals surface area contributed by atoms with Gasteiger partial charge in [-0.05, 0) is 19.1 Å². The van der Waals surface area contributed by atoms with Gasteiger partial charge >= 0.3 is 11.9 Å². The normalized spacial score (nSPS) is 16.2. The van der Waals surface area contributed by atoms with Gasteiger partial charge in [-0.1, -0.05) is 19.8 Å². The molecule has 2 unspecified atom stereocenters. The third-order valence-electron chi connectivity index (χ3n) is 2.62. The van der Waals surface area contributed by atoms with Crippen molar-refractivity contribution in [2.75, 3.05) is 6.26 Å². The minimum atomic E-state index is -2.16. The second-order valence-corrected chi connectivity index (χ2v) is 5.25. The highest BCUT2D eigenvalue weighted by Gasteiger charge is 2.40. The Balaban J connectivity index is 4.60. The molecule has 0 bridgehead atoms. The van der Waals surface area contributed by atoms with E-state index in [0.717, 1.165) is 19.3 Å². The van der Waals surface area contributed by atoms with Crippen molar-refractivity contribution in [1.82, 2.24) is 0 Å². The predicted molar refractivity (Wildman–Crippen MR) is 66.3 cm³/mol. The Morgan fingerprint density at radius 2 is 1.94 bits per heavy atom. The van der Waals surface area contributed by atoms with E-state index in [2.05, 4.69) is 0 Å². The summed E-state index contributed by atoms with van der Waals surface area (Å²) in [5.74, 6) is -2.76. The van der Waals surface area contributed by atoms with Gasteiger partial charge in [0.05, 0.1) is 6.42 Å². The quantitative estimate of drug-likeness (QED) is 0.585. The van der Waals surface area contributed by atoms with E-state index in [1.54, 1.807) is 0 Å². The third kappa shape index (κ3) is 5.93. The lowest BCUT2D eigenvalue weighted by molar-refractivity contribution is -0.166. The monoisotopic (exact) mass is 264 g/mol. The van der Waals surface area contributed by atoms with Crippen LogP contribution in [0.4, 0.5) is 0 Å². The zero-order chi connectivity index (χ0) is 13.5. The number of carboxylic acid groups (broad SMARTS) is 2. The Hall–Kier alpha value is -0.750. The fourth-order valence-electron chi connectivity index (χ4n) is 1.60. The summed E-state index contributed by atoms with van der Waals surface area (Å²) in [5, 5.41) is 27.4. The number of carboxylic acids is 2. The van der Waals surface area contributed by atoms with E-state index < -0.39 is 24.0 Å². The van der Waals surface area contributed by atoms with E-state index in [1.807, 2.05) is 13.2 Å². The first-order valence-electron chi connectivity index (χ1n) is 5.56. The van der Waals surface area contributed by atoms with Crippen molar-refractivity contribution in [2.24, 2.45) is 0 Å². The number of carbonyl (C=O) groups is 2. The van der Waals surface area contributed by atoms with E-state index in [0.29, 0.717) is 0 Å². The zero-order valence-electron chi connectivity index (χ0n) is 10.2. The topological polar surface area (TPSA) is 94.8 Å². The maximum atomic E-state index is 11.0. The molecule has 0 aliphatic heterocycles. The fourth-order valence-corrected chi connectivity index (χ4v) is 2.44. The van der Waals surface area contributed by atoms with E-state index in [1.165, 1.54) is 11.8 Å². The smallest absolute Gasteiger partial charge is 0.336 e. The van der Waals surface area contributed by atoms with Crippen LogP contribution >= 0.6 is 11.8 Å². The number of hydrogen-bond acceptors (Lipinski definition) is 4. The summed E-state index contributed by atoms with van der Waals surface area (Å²) in [6.07, 6.45) is 3.76. The van der Waals surface area contributed by atoms with Gasteiger partial charge in [-0.25, -0.2) is 4.79 Å². The lowest BCUT2D eigenvalue weighted by Crippen LogP contribution is -2.43. The molecule has 0 radical (unpaired) electrons. The summed E-state index contributed by atoms with van der Waals surface area (Å²) in [6.45, 7) is 2.03. The van der Waals surface area contributed by atoms with E-state index >= 15 is 0 Å². The molecule has 0 amide bonds. The molecule has 0 aromatic carbocycles. The second kappa shape index (κ2) is 7.55. The number of aliphatic hydroxyl groups is 1. The Morgan fingerprint density at radius 3 is 2.29 bits per heavy atom. The van der Waals surface area contributed by atoms with Gasteiger partial charge in [0.25, 0.3) is 0 Å². The van der Waals surface area contributed by atoms with Crippen LogP contribution in [0.25, 0.3) is 0 Å². The molecule has 100 valence electrons. The van der Waals surface area contributed by atoms with Crippen LogP contribution in [0, 0.1) is 0 Å². The molecule has 2 atom stereocenters. The molecule has 0 spiro atoms. The molecule has 6 heteroatoms. The Labute approximate surface area is 105 Å². The van der Waals surface area contributed by atoms with Gasteiger partial charge in [-0.15, -0.1) is 0 Å². The highest BCUT2D eigenvalue weighted by molar-refractivity contribution is 7.99. The van der Waals surface area contributed by atoms with Crippen LogP contribution in [0.1, 0.15) is 39.0 Å². The number of hydrogen-bond donors (Lipinski definition) is 3. The summed E-state index contributed by atoms with van der Waals surface area (Å²) in [5.41, 5.74) is -2.16. The summed E-state index contributed by atoms with van der Waals surface area (Å²) < 4.78 is 0. The third-order valence-corrected chi connectivity index (χ3v) is 3.69. The molecule has 0 saturated heterocycles. The molecule has 0 saturated carbocycles. The zero-order valence-corrected chi connectivity index (χ0v) is 11.0. The fraction of sp³-hybridized carbons (Fsp3) is 0.818. The first kappa shape index (κ1) is 16.2. The molecule has 0 aromatic heterocycles. The molecule has 0 aromatic rings. The second-order valence-electron chi connectivity index (χ2n) is 4.11. The van der Waals surface area contributed by atoms with Crippen LogP contribution in [0.5, 0.6) is 0 Å². The number of thioether (sulfide) groups is 1. The molecule has 0 aliphatic carbocycles. The molecular weight excluding hydrogens is 244 g/mol. The molecule has 0 rings (SSSR count). The van der Waals surface area contributed by atoms with Crippen molar-refractivity contribution in [3.63, 3.8) is 0 Å². The van der Waals surface area contributed by atoms with Crippen molar-refractivity contribution in [3.8, 4) is 0 Å². The van der Waals surface area contributed by atoms with Gasteiger partial charge in [-0.3, -0.25) is 4.79 Å². The summed E-state index contributed by atoms with van der Waals surface area (Å²) >= 11 is 1.46. The van der Waals surface area contributed by atoms with Crippen LogP contribution in [0.2, 0.25) is 0 Å². The molecule has 0 fully saturated rings. The van der Waals surface area contributed by atoms with Gasteiger partial charge < -0.3 is 15.3 Å². The van der Waals surface area contributed by atoms with Crippen molar-refractivity contribution in [2.45, 2.75) is 49.9 Å². The Kier molecular flexibility index (Phi) is 7.22. The first-order chi connectivity index (χ1) is 7.85. The minimum Gasteiger partial charge on any atom is -0.481 e. The van der Waals surface area contributed by atoms with E-state index in [-0.39, 0.29) is 11.7 Å². The predicted octanol–water partition coefficient (Wildman–Crippen LogP) is 1.59. The lowest BCUT2D eigenvalue weighted by Gasteiger charge is -2.26. The van der Waals surface area contributed by atoms with Gasteiger partial charge in [0.1, 0.15) is 0 Å². The first-order valence-corrected chi connectivity index (χ1v) is 6.85. The largest absolute Gasteiger partial charge is 0.481 e. The van der Waals surface area contributed by atoms with Crippen molar-refractivity contribution in [1.29, 1.82) is 0 Å². The summed E-state index contributed by atoms with van der Waals surface area (Å²) in [7, 11) is 0. The molecular formula is C11H20O5S. The number of unbranched alkanes of at least 4 members (excludes halogenated alkanes) is 1. The van der Waals surface area contributed by atoms with Crippen LogP contribution < -0.4 is 0 Å². The van der Waals surface area contributed by atoms with E-state index in [9.17, 15) is 14.7 Å². The molecule has 5 nitrogen and oxygen atoms in total. The lowest BCUT2D eigenvalue weighted by atomic mass is 9.92. The SMILES string of the molecule is CCCCC(CC(O)(CC(=O)O)C(=O)O)SC. The van der Waals surface area contributed by atoms with Crippen LogP contribution in [0.3, 0.4) is 0 Å². The number of rotatable bonds is 9. The number of aliphatic carboxylic acids is 2. The maximum absolute atomic E-state index is 11.0. The highest BCUT2D eigenvalue weighted by Crippen LogP contribution is 2.27. The molecule has 3 N–H and O–H groups in total. The van der Waals surface area contributed by atoms with Crippen LogP contribution in [0.15, 0.2) is 0 Å². The van der Waals surface area contributed by atoms with Crippen LogP contribution in [-0.4, -0.2) is 44.4 Å². The van der Waals surface area contributed by atoms with Gasteiger partial charge in [0.15, 0.2) is 5.60 Å². The maximum Gasteiger partial charge on any atom is 0.336 e. The Morgan fingerprint density at radius 1 is 1.35 bits per heavy atom. The van der Waals surface area contributed by atoms with Gasteiger partial charge in [0.2, 0.25) is 0 Å². The van der Waals surface area contributed by atoms with E-state index in [4.69, 9.17) is 10.2 Å². The molecule has 0 heterocycles. The van der Waals surface area contributed by atoms with Crippen LogP contribution in [-0.2, 0) is 9.59 Å². The van der Waals surface area contributed by atoms with Gasteiger partial charge in [0, 0.05) is 5.25 Å². The Bertz CT molecular complexity index is 269. The highest BCUT2D eigenvalue weighted by atomic mass is 32.2. The summed E-state index contributed by atoms with van der Waals surface area (Å²) in [6, 6.07) is 0. The summed E-state index contributed by atoms with van der Waals surface area (Å²) in [4.78, 5) is 21.5.